The number of hydrogen-bond donors (Lipinski definition) is 0. The standard InChI is InChI=1S/C9H12F2O/c10-9(11)3-7-1-6(5-12)2-8(7)4-9/h5-8H,1-4H2/t6?,7-,8+. The highest BCUT2D eigenvalue weighted by Crippen LogP contribution is 2.52. The lowest BCUT2D eigenvalue weighted by atomic mass is 10.0. The lowest BCUT2D eigenvalue weighted by Crippen LogP contribution is -2.12. The summed E-state index contributed by atoms with van der Waals surface area (Å²) in [5.41, 5.74) is 0. The lowest BCUT2D eigenvalue weighted by Gasteiger charge is -2.09. The van der Waals surface area contributed by atoms with Gasteiger partial charge in [-0.2, -0.15) is 0 Å². The van der Waals surface area contributed by atoms with Gasteiger partial charge < -0.3 is 4.79 Å². The van der Waals surface area contributed by atoms with Gasteiger partial charge >= 0.3 is 0 Å². The molecule has 0 aromatic heterocycles. The van der Waals surface area contributed by atoms with Crippen molar-refractivity contribution < 1.29 is 13.6 Å². The molecule has 0 saturated heterocycles. The van der Waals surface area contributed by atoms with Crippen LogP contribution in [0.5, 0.6) is 0 Å². The van der Waals surface area contributed by atoms with Gasteiger partial charge in [0.2, 0.25) is 5.92 Å². The summed E-state index contributed by atoms with van der Waals surface area (Å²) in [6.07, 6.45) is 2.36. The Hall–Kier alpha value is -0.470. The molecule has 0 heterocycles. The largest absolute Gasteiger partial charge is 0.303 e. The summed E-state index contributed by atoms with van der Waals surface area (Å²) < 4.78 is 25.6. The molecule has 3 heteroatoms. The Balaban J connectivity index is 2.02. The van der Waals surface area contributed by atoms with E-state index in [9.17, 15) is 13.6 Å². The minimum atomic E-state index is -2.44. The van der Waals surface area contributed by atoms with Crippen LogP contribution in [0.15, 0.2) is 0 Å². The van der Waals surface area contributed by atoms with E-state index in [2.05, 4.69) is 0 Å². The van der Waals surface area contributed by atoms with Crippen LogP contribution < -0.4 is 0 Å². The third kappa shape index (κ3) is 1.25. The van der Waals surface area contributed by atoms with Gasteiger partial charge in [0.15, 0.2) is 0 Å². The quantitative estimate of drug-likeness (QED) is 0.557. The number of carbonyl (C=O) groups excluding carboxylic acids is 1. The number of aldehydes is 1. The molecule has 2 saturated carbocycles. The lowest BCUT2D eigenvalue weighted by molar-refractivity contribution is -0.111. The van der Waals surface area contributed by atoms with E-state index in [-0.39, 0.29) is 30.6 Å². The first-order chi connectivity index (χ1) is 5.61. The Bertz CT molecular complexity index is 187. The van der Waals surface area contributed by atoms with Crippen molar-refractivity contribution in [1.29, 1.82) is 0 Å². The van der Waals surface area contributed by atoms with Gasteiger partial charge in [0.25, 0.3) is 0 Å². The topological polar surface area (TPSA) is 17.1 Å². The molecule has 0 bridgehead atoms. The predicted octanol–water partition coefficient (Wildman–Crippen LogP) is 2.26. The highest BCUT2D eigenvalue weighted by Gasteiger charge is 2.50. The van der Waals surface area contributed by atoms with Crippen LogP contribution in [-0.2, 0) is 4.79 Å². The normalized spacial score (nSPS) is 44.3. The Morgan fingerprint density at radius 3 is 2.08 bits per heavy atom. The molecule has 1 nitrogen and oxygen atoms in total. The van der Waals surface area contributed by atoms with Gasteiger partial charge in [-0.15, -0.1) is 0 Å². The van der Waals surface area contributed by atoms with Crippen LogP contribution in [0.4, 0.5) is 8.78 Å². The fourth-order valence-electron chi connectivity index (χ4n) is 2.72. The number of rotatable bonds is 1. The molecule has 3 atom stereocenters. The highest BCUT2D eigenvalue weighted by molar-refractivity contribution is 5.54. The molecule has 0 spiro atoms. The molecule has 1 unspecified atom stereocenters. The molecule has 2 aliphatic rings. The molecule has 2 rings (SSSR count). The molecule has 2 aliphatic carbocycles. The molecule has 0 radical (unpaired) electrons. The molecular formula is C9H12F2O. The summed E-state index contributed by atoms with van der Waals surface area (Å²) in [5, 5.41) is 0. The van der Waals surface area contributed by atoms with Gasteiger partial charge in [-0.05, 0) is 24.7 Å². The molecule has 0 N–H and O–H groups in total. The van der Waals surface area contributed by atoms with E-state index in [1.54, 1.807) is 0 Å². The van der Waals surface area contributed by atoms with Crippen molar-refractivity contribution in [2.75, 3.05) is 0 Å². The van der Waals surface area contributed by atoms with Crippen molar-refractivity contribution in [2.45, 2.75) is 31.6 Å². The van der Waals surface area contributed by atoms with E-state index in [0.717, 1.165) is 6.29 Å². The maximum atomic E-state index is 12.8. The molecule has 2 fully saturated rings. The van der Waals surface area contributed by atoms with Crippen molar-refractivity contribution in [3.8, 4) is 0 Å². The van der Waals surface area contributed by atoms with Gasteiger partial charge in [0, 0.05) is 18.8 Å². The fourth-order valence-corrected chi connectivity index (χ4v) is 2.72. The zero-order chi connectivity index (χ0) is 8.77. The first-order valence-corrected chi connectivity index (χ1v) is 4.44. The van der Waals surface area contributed by atoms with Gasteiger partial charge in [-0.3, -0.25) is 0 Å². The van der Waals surface area contributed by atoms with Crippen molar-refractivity contribution in [3.63, 3.8) is 0 Å². The number of carbonyl (C=O) groups is 1. The van der Waals surface area contributed by atoms with Crippen LogP contribution in [0.3, 0.4) is 0 Å². The van der Waals surface area contributed by atoms with Crippen LogP contribution >= 0.6 is 0 Å². The van der Waals surface area contributed by atoms with Crippen LogP contribution in [-0.4, -0.2) is 12.2 Å². The van der Waals surface area contributed by atoms with Gasteiger partial charge in [0.1, 0.15) is 6.29 Å². The Morgan fingerprint density at radius 1 is 1.17 bits per heavy atom. The fraction of sp³-hybridized carbons (Fsp3) is 0.889. The summed E-state index contributed by atoms with van der Waals surface area (Å²) in [5.74, 6) is -2.13. The van der Waals surface area contributed by atoms with Crippen LogP contribution in [0.2, 0.25) is 0 Å². The van der Waals surface area contributed by atoms with Crippen molar-refractivity contribution in [1.82, 2.24) is 0 Å². The second-order valence-corrected chi connectivity index (χ2v) is 4.15. The molecule has 0 aromatic rings. The molecule has 0 aromatic carbocycles. The SMILES string of the molecule is O=CC1C[C@@H]2CC(F)(F)C[C@@H]2C1. The zero-order valence-electron chi connectivity index (χ0n) is 6.80. The summed E-state index contributed by atoms with van der Waals surface area (Å²) in [6.45, 7) is 0. The molecule has 0 amide bonds. The van der Waals surface area contributed by atoms with E-state index in [1.165, 1.54) is 0 Å². The van der Waals surface area contributed by atoms with Crippen molar-refractivity contribution >= 4 is 6.29 Å². The maximum absolute atomic E-state index is 12.8. The van der Waals surface area contributed by atoms with Gasteiger partial charge in [-0.25, -0.2) is 8.78 Å². The monoisotopic (exact) mass is 174 g/mol. The first kappa shape index (κ1) is 8.14. The number of alkyl halides is 2. The third-order valence-corrected chi connectivity index (χ3v) is 3.19. The van der Waals surface area contributed by atoms with Crippen LogP contribution in [0, 0.1) is 17.8 Å². The summed E-state index contributed by atoms with van der Waals surface area (Å²) in [7, 11) is 0. The summed E-state index contributed by atoms with van der Waals surface area (Å²) in [6, 6.07) is 0. The predicted molar refractivity (Wildman–Crippen MR) is 39.9 cm³/mol. The van der Waals surface area contributed by atoms with E-state index in [4.69, 9.17) is 0 Å². The molecular weight excluding hydrogens is 162 g/mol. The zero-order valence-corrected chi connectivity index (χ0v) is 6.80. The second kappa shape index (κ2) is 2.51. The van der Waals surface area contributed by atoms with Crippen LogP contribution in [0.25, 0.3) is 0 Å². The average Bonchev–Trinajstić information content (AvgIpc) is 2.40. The molecule has 68 valence electrons. The Morgan fingerprint density at radius 2 is 1.67 bits per heavy atom. The smallest absolute Gasteiger partial charge is 0.248 e. The Labute approximate surface area is 70.1 Å². The third-order valence-electron chi connectivity index (χ3n) is 3.19. The van der Waals surface area contributed by atoms with Crippen molar-refractivity contribution in [2.24, 2.45) is 17.8 Å². The highest BCUT2D eigenvalue weighted by atomic mass is 19.3. The minimum absolute atomic E-state index is 0.0159. The Kier molecular flexibility index (Phi) is 1.70. The minimum Gasteiger partial charge on any atom is -0.303 e. The molecule has 0 aliphatic heterocycles. The van der Waals surface area contributed by atoms with Gasteiger partial charge in [0.05, 0.1) is 0 Å². The van der Waals surface area contributed by atoms with E-state index < -0.39 is 5.92 Å². The maximum Gasteiger partial charge on any atom is 0.248 e. The van der Waals surface area contributed by atoms with E-state index in [0.29, 0.717) is 12.8 Å². The second-order valence-electron chi connectivity index (χ2n) is 4.15. The molecule has 12 heavy (non-hydrogen) atoms. The first-order valence-electron chi connectivity index (χ1n) is 4.44. The number of hydrogen-bond acceptors (Lipinski definition) is 1. The summed E-state index contributed by atoms with van der Waals surface area (Å²) >= 11 is 0. The number of halogens is 2. The average molecular weight is 174 g/mol. The van der Waals surface area contributed by atoms with E-state index >= 15 is 0 Å². The number of fused-ring (bicyclic) bond motifs is 1. The van der Waals surface area contributed by atoms with Gasteiger partial charge in [-0.1, -0.05) is 0 Å². The van der Waals surface area contributed by atoms with Crippen molar-refractivity contribution in [3.05, 3.63) is 0 Å². The summed E-state index contributed by atoms with van der Waals surface area (Å²) in [4.78, 5) is 10.4. The van der Waals surface area contributed by atoms with Crippen LogP contribution in [0.1, 0.15) is 25.7 Å². The van der Waals surface area contributed by atoms with E-state index in [1.807, 2.05) is 0 Å².